The molecule has 8 nitrogen and oxygen atoms in total. The summed E-state index contributed by atoms with van der Waals surface area (Å²) in [6, 6.07) is 0. The van der Waals surface area contributed by atoms with Gasteiger partial charge in [-0.05, 0) is 13.3 Å². The topological polar surface area (TPSA) is 87.7 Å². The summed E-state index contributed by atoms with van der Waals surface area (Å²) in [6.45, 7) is 8.24. The van der Waals surface area contributed by atoms with E-state index in [0.29, 0.717) is 24.6 Å². The molecule has 0 spiro atoms. The zero-order chi connectivity index (χ0) is 15.4. The van der Waals surface area contributed by atoms with Crippen LogP contribution in [0.15, 0.2) is 0 Å². The quantitative estimate of drug-likeness (QED) is 0.612. The molecule has 0 saturated carbocycles. The predicted molar refractivity (Wildman–Crippen MR) is 79.6 cm³/mol. The number of aliphatic hydroxyl groups excluding tert-OH is 1. The van der Waals surface area contributed by atoms with E-state index in [-0.39, 0.29) is 17.2 Å². The van der Waals surface area contributed by atoms with Gasteiger partial charge in [-0.2, -0.15) is 5.10 Å². The van der Waals surface area contributed by atoms with Gasteiger partial charge in [0, 0.05) is 39.3 Å². The Hall–Kier alpha value is -1.67. The van der Waals surface area contributed by atoms with Gasteiger partial charge in [0.2, 0.25) is 5.82 Å². The number of nitro groups is 1. The van der Waals surface area contributed by atoms with Gasteiger partial charge in [0.1, 0.15) is 5.69 Å². The van der Waals surface area contributed by atoms with Gasteiger partial charge < -0.3 is 10.0 Å². The molecule has 1 aliphatic rings. The molecular weight excluding hydrogens is 274 g/mol. The number of aromatic nitrogens is 2. The molecular formula is C13H23N5O3. The second-order valence-electron chi connectivity index (χ2n) is 5.29. The largest absolute Gasteiger partial charge is 0.395 e. The number of hydrogen-bond donors (Lipinski definition) is 1. The van der Waals surface area contributed by atoms with E-state index in [0.717, 1.165) is 32.6 Å². The number of piperazine rings is 1. The van der Waals surface area contributed by atoms with E-state index in [4.69, 9.17) is 5.11 Å². The summed E-state index contributed by atoms with van der Waals surface area (Å²) in [6.07, 6.45) is 0.885. The molecule has 118 valence electrons. The van der Waals surface area contributed by atoms with Crippen LogP contribution in [-0.2, 0) is 6.54 Å². The average molecular weight is 297 g/mol. The second-order valence-corrected chi connectivity index (χ2v) is 5.29. The Morgan fingerprint density at radius 3 is 2.48 bits per heavy atom. The third kappa shape index (κ3) is 3.33. The second kappa shape index (κ2) is 6.86. The third-order valence-electron chi connectivity index (χ3n) is 3.78. The molecule has 1 aromatic heterocycles. The number of aryl methyl sites for hydroxylation is 2. The van der Waals surface area contributed by atoms with Crippen molar-refractivity contribution in [2.45, 2.75) is 26.8 Å². The first-order valence-electron chi connectivity index (χ1n) is 7.38. The molecule has 0 amide bonds. The minimum atomic E-state index is -0.329. The number of hydrogen-bond acceptors (Lipinski definition) is 6. The highest BCUT2D eigenvalue weighted by atomic mass is 16.6. The van der Waals surface area contributed by atoms with Crippen LogP contribution in [0.3, 0.4) is 0 Å². The molecule has 2 rings (SSSR count). The van der Waals surface area contributed by atoms with Crippen LogP contribution in [0, 0.1) is 17.0 Å². The first-order chi connectivity index (χ1) is 10.1. The van der Waals surface area contributed by atoms with Gasteiger partial charge >= 0.3 is 5.69 Å². The molecule has 0 unspecified atom stereocenters. The molecule has 1 aromatic rings. The van der Waals surface area contributed by atoms with E-state index >= 15 is 0 Å². The summed E-state index contributed by atoms with van der Waals surface area (Å²) in [5.74, 6) is 0.628. The third-order valence-corrected chi connectivity index (χ3v) is 3.78. The molecule has 0 aliphatic carbocycles. The van der Waals surface area contributed by atoms with E-state index in [1.54, 1.807) is 11.6 Å². The lowest BCUT2D eigenvalue weighted by atomic mass is 10.3. The van der Waals surface area contributed by atoms with Crippen LogP contribution in [0.1, 0.15) is 19.0 Å². The van der Waals surface area contributed by atoms with Gasteiger partial charge in [0.05, 0.1) is 11.5 Å². The number of rotatable bonds is 6. The lowest BCUT2D eigenvalue weighted by Gasteiger charge is -2.35. The predicted octanol–water partition coefficient (Wildman–Crippen LogP) is 0.624. The van der Waals surface area contributed by atoms with Gasteiger partial charge in [0.15, 0.2) is 0 Å². The van der Waals surface area contributed by atoms with Crippen LogP contribution in [-0.4, -0.2) is 64.0 Å². The monoisotopic (exact) mass is 297 g/mol. The van der Waals surface area contributed by atoms with Crippen LogP contribution < -0.4 is 4.90 Å². The van der Waals surface area contributed by atoms with Crippen molar-refractivity contribution in [2.24, 2.45) is 0 Å². The van der Waals surface area contributed by atoms with E-state index in [2.05, 4.69) is 10.00 Å². The van der Waals surface area contributed by atoms with Gasteiger partial charge in [-0.15, -0.1) is 0 Å². The lowest BCUT2D eigenvalue weighted by Crippen LogP contribution is -2.48. The van der Waals surface area contributed by atoms with Gasteiger partial charge in [-0.1, -0.05) is 6.92 Å². The van der Waals surface area contributed by atoms with Crippen molar-refractivity contribution in [1.29, 1.82) is 0 Å². The molecule has 21 heavy (non-hydrogen) atoms. The molecule has 1 saturated heterocycles. The standard InChI is InChI=1S/C13H23N5O3/c1-3-4-17-13(12(18(20)21)11(2)14-17)16-7-5-15(6-8-16)9-10-19/h19H,3-10H2,1-2H3. The van der Waals surface area contributed by atoms with Crippen molar-refractivity contribution in [3.05, 3.63) is 15.8 Å². The van der Waals surface area contributed by atoms with E-state index in [1.165, 1.54) is 0 Å². The van der Waals surface area contributed by atoms with Crippen LogP contribution >= 0.6 is 0 Å². The molecule has 1 N–H and O–H groups in total. The summed E-state index contributed by atoms with van der Waals surface area (Å²) in [5, 5.41) is 24.7. The van der Waals surface area contributed by atoms with Gasteiger partial charge in [0.25, 0.3) is 0 Å². The maximum atomic E-state index is 11.4. The van der Waals surface area contributed by atoms with E-state index in [1.807, 2.05) is 11.8 Å². The highest BCUT2D eigenvalue weighted by Crippen LogP contribution is 2.32. The zero-order valence-corrected chi connectivity index (χ0v) is 12.7. The molecule has 0 bridgehead atoms. The van der Waals surface area contributed by atoms with Crippen molar-refractivity contribution >= 4 is 11.5 Å². The SMILES string of the molecule is CCCn1nc(C)c([N+](=O)[O-])c1N1CCN(CCO)CC1. The Kier molecular flexibility index (Phi) is 5.13. The van der Waals surface area contributed by atoms with Crippen LogP contribution in [0.2, 0.25) is 0 Å². The molecule has 1 fully saturated rings. The Bertz CT molecular complexity index is 494. The van der Waals surface area contributed by atoms with Gasteiger partial charge in [-0.3, -0.25) is 15.0 Å². The Morgan fingerprint density at radius 1 is 1.29 bits per heavy atom. The summed E-state index contributed by atoms with van der Waals surface area (Å²) < 4.78 is 1.76. The smallest absolute Gasteiger partial charge is 0.333 e. The summed E-state index contributed by atoms with van der Waals surface area (Å²) >= 11 is 0. The first kappa shape index (κ1) is 15.7. The number of aliphatic hydroxyl groups is 1. The highest BCUT2D eigenvalue weighted by molar-refractivity contribution is 5.61. The molecule has 1 aliphatic heterocycles. The highest BCUT2D eigenvalue weighted by Gasteiger charge is 2.31. The molecule has 8 heteroatoms. The Morgan fingerprint density at radius 2 is 1.95 bits per heavy atom. The fraction of sp³-hybridized carbons (Fsp3) is 0.769. The molecule has 0 aromatic carbocycles. The molecule has 0 atom stereocenters. The Labute approximate surface area is 124 Å². The van der Waals surface area contributed by atoms with Crippen molar-refractivity contribution in [1.82, 2.24) is 14.7 Å². The minimum absolute atomic E-state index is 0.124. The van der Waals surface area contributed by atoms with Gasteiger partial charge in [-0.25, -0.2) is 4.68 Å². The lowest BCUT2D eigenvalue weighted by molar-refractivity contribution is -0.384. The van der Waals surface area contributed by atoms with Crippen LogP contribution in [0.5, 0.6) is 0 Å². The fourth-order valence-electron chi connectivity index (χ4n) is 2.78. The van der Waals surface area contributed by atoms with E-state index in [9.17, 15) is 10.1 Å². The summed E-state index contributed by atoms with van der Waals surface area (Å²) in [5.41, 5.74) is 0.597. The minimum Gasteiger partial charge on any atom is -0.395 e. The summed E-state index contributed by atoms with van der Waals surface area (Å²) in [4.78, 5) is 15.2. The maximum Gasteiger partial charge on any atom is 0.333 e. The normalized spacial score (nSPS) is 16.4. The number of β-amino-alcohol motifs (C(OH)–C–C–N with tert-alkyl or cyclic N) is 1. The van der Waals surface area contributed by atoms with Crippen molar-refractivity contribution in [3.63, 3.8) is 0 Å². The summed E-state index contributed by atoms with van der Waals surface area (Å²) in [7, 11) is 0. The average Bonchev–Trinajstić information content (AvgIpc) is 2.77. The zero-order valence-electron chi connectivity index (χ0n) is 12.7. The van der Waals surface area contributed by atoms with Crippen molar-refractivity contribution in [2.75, 3.05) is 44.2 Å². The molecule has 0 radical (unpaired) electrons. The van der Waals surface area contributed by atoms with Crippen LogP contribution in [0.4, 0.5) is 11.5 Å². The maximum absolute atomic E-state index is 11.4. The molecule has 2 heterocycles. The van der Waals surface area contributed by atoms with E-state index < -0.39 is 0 Å². The number of anilines is 1. The number of nitrogens with zero attached hydrogens (tertiary/aromatic N) is 5. The van der Waals surface area contributed by atoms with Crippen molar-refractivity contribution < 1.29 is 10.0 Å². The van der Waals surface area contributed by atoms with Crippen LogP contribution in [0.25, 0.3) is 0 Å². The Balaban J connectivity index is 2.24. The van der Waals surface area contributed by atoms with Crippen molar-refractivity contribution in [3.8, 4) is 0 Å². The first-order valence-corrected chi connectivity index (χ1v) is 7.38. The fourth-order valence-corrected chi connectivity index (χ4v) is 2.78.